The van der Waals surface area contributed by atoms with Crippen LogP contribution in [0.4, 0.5) is 0 Å². The Morgan fingerprint density at radius 1 is 1.35 bits per heavy atom. The summed E-state index contributed by atoms with van der Waals surface area (Å²) in [6.07, 6.45) is 3.07. The first-order chi connectivity index (χ1) is 8.19. The number of rotatable bonds is 2. The number of ether oxygens (including phenoxy) is 1. The smallest absolute Gasteiger partial charge is 0.330 e. The number of methoxy groups -OCH3 is 1. The molecular weight excluding hydrogens is 238 g/mol. The molecule has 0 radical (unpaired) electrons. The molecule has 2 aromatic rings. The Hall–Kier alpha value is -1.87. The molecule has 0 aliphatic carbocycles. The molecule has 4 heteroatoms. The van der Waals surface area contributed by atoms with Crippen molar-refractivity contribution < 1.29 is 9.53 Å². The van der Waals surface area contributed by atoms with Gasteiger partial charge in [0.25, 0.3) is 0 Å². The minimum absolute atomic E-state index is 0.376. The van der Waals surface area contributed by atoms with Crippen molar-refractivity contribution in [1.29, 1.82) is 0 Å². The summed E-state index contributed by atoms with van der Waals surface area (Å²) in [6, 6.07) is 9.28. The third-order valence-electron chi connectivity index (χ3n) is 2.29. The second-order valence-electron chi connectivity index (χ2n) is 3.44. The first-order valence-electron chi connectivity index (χ1n) is 5.01. The van der Waals surface area contributed by atoms with Gasteiger partial charge in [-0.15, -0.1) is 0 Å². The first kappa shape index (κ1) is 11.6. The van der Waals surface area contributed by atoms with Crippen LogP contribution in [0.2, 0.25) is 5.15 Å². The number of pyridine rings is 1. The summed E-state index contributed by atoms with van der Waals surface area (Å²) in [5.74, 6) is -0.376. The van der Waals surface area contributed by atoms with Gasteiger partial charge in [0.15, 0.2) is 0 Å². The molecule has 0 amide bonds. The Bertz CT molecular complexity index is 593. The van der Waals surface area contributed by atoms with Gasteiger partial charge in [0.2, 0.25) is 0 Å². The molecule has 1 heterocycles. The highest BCUT2D eigenvalue weighted by Crippen LogP contribution is 2.17. The summed E-state index contributed by atoms with van der Waals surface area (Å²) < 4.78 is 4.52. The van der Waals surface area contributed by atoms with E-state index in [4.69, 9.17) is 11.6 Å². The van der Waals surface area contributed by atoms with E-state index in [-0.39, 0.29) is 5.97 Å². The number of carbonyl (C=O) groups excluding carboxylic acids is 1. The molecule has 86 valence electrons. The lowest BCUT2D eigenvalue weighted by atomic mass is 10.1. The second kappa shape index (κ2) is 4.97. The van der Waals surface area contributed by atoms with Crippen LogP contribution in [-0.4, -0.2) is 18.1 Å². The molecule has 0 unspecified atom stereocenters. The van der Waals surface area contributed by atoms with Crippen LogP contribution in [0.5, 0.6) is 0 Å². The van der Waals surface area contributed by atoms with Crippen LogP contribution in [0.1, 0.15) is 5.56 Å². The summed E-state index contributed by atoms with van der Waals surface area (Å²) in [7, 11) is 1.35. The van der Waals surface area contributed by atoms with Gasteiger partial charge in [0.1, 0.15) is 5.15 Å². The molecule has 0 bridgehead atoms. The summed E-state index contributed by atoms with van der Waals surface area (Å²) >= 11 is 5.79. The molecule has 3 nitrogen and oxygen atoms in total. The minimum Gasteiger partial charge on any atom is -0.466 e. The number of aromatic nitrogens is 1. The van der Waals surface area contributed by atoms with Crippen LogP contribution in [0.3, 0.4) is 0 Å². The molecule has 0 spiro atoms. The van der Waals surface area contributed by atoms with Crippen molar-refractivity contribution in [3.63, 3.8) is 0 Å². The molecule has 0 fully saturated rings. The van der Waals surface area contributed by atoms with E-state index in [1.165, 1.54) is 13.2 Å². The predicted molar refractivity (Wildman–Crippen MR) is 67.8 cm³/mol. The predicted octanol–water partition coefficient (Wildman–Crippen LogP) is 3.07. The zero-order valence-corrected chi connectivity index (χ0v) is 9.94. The zero-order chi connectivity index (χ0) is 12.3. The molecule has 0 aliphatic rings. The molecule has 1 aromatic carbocycles. The van der Waals surface area contributed by atoms with Gasteiger partial charge in [0.05, 0.1) is 12.6 Å². The van der Waals surface area contributed by atoms with Crippen LogP contribution >= 0.6 is 11.6 Å². The number of nitrogens with zero attached hydrogens (tertiary/aromatic N) is 1. The highest BCUT2D eigenvalue weighted by molar-refractivity contribution is 6.29. The van der Waals surface area contributed by atoms with Gasteiger partial charge in [0, 0.05) is 11.5 Å². The molecular formula is C13H10ClNO2. The average molecular weight is 248 g/mol. The number of esters is 1. The Kier molecular flexibility index (Phi) is 3.40. The fourth-order valence-corrected chi connectivity index (χ4v) is 1.61. The third-order valence-corrected chi connectivity index (χ3v) is 2.50. The van der Waals surface area contributed by atoms with Crippen LogP contribution in [0, 0.1) is 0 Å². The molecule has 0 saturated heterocycles. The second-order valence-corrected chi connectivity index (χ2v) is 3.83. The molecule has 0 saturated carbocycles. The van der Waals surface area contributed by atoms with Gasteiger partial charge in [-0.2, -0.15) is 0 Å². The fourth-order valence-electron chi connectivity index (χ4n) is 1.46. The summed E-state index contributed by atoms with van der Waals surface area (Å²) in [6.45, 7) is 0. The van der Waals surface area contributed by atoms with E-state index in [0.29, 0.717) is 5.15 Å². The lowest BCUT2D eigenvalue weighted by Gasteiger charge is -1.99. The van der Waals surface area contributed by atoms with Gasteiger partial charge >= 0.3 is 5.97 Å². The van der Waals surface area contributed by atoms with E-state index in [0.717, 1.165) is 16.5 Å². The fraction of sp³-hybridized carbons (Fsp3) is 0.0769. The van der Waals surface area contributed by atoms with E-state index in [9.17, 15) is 4.79 Å². The number of carbonyl (C=O) groups is 1. The highest BCUT2D eigenvalue weighted by Gasteiger charge is 1.98. The maximum atomic E-state index is 11.0. The van der Waals surface area contributed by atoms with E-state index in [2.05, 4.69) is 9.72 Å². The van der Waals surface area contributed by atoms with Gasteiger partial charge in [-0.25, -0.2) is 9.78 Å². The first-order valence-corrected chi connectivity index (χ1v) is 5.39. The normalized spacial score (nSPS) is 10.9. The summed E-state index contributed by atoms with van der Waals surface area (Å²) in [5, 5.41) is 1.44. The topological polar surface area (TPSA) is 39.2 Å². The summed E-state index contributed by atoms with van der Waals surface area (Å²) in [5.41, 5.74) is 1.74. The Balaban J connectivity index is 2.35. The van der Waals surface area contributed by atoms with Gasteiger partial charge in [-0.1, -0.05) is 17.7 Å². The molecule has 0 N–H and O–H groups in total. The van der Waals surface area contributed by atoms with Crippen LogP contribution in [0.25, 0.3) is 17.0 Å². The van der Waals surface area contributed by atoms with Gasteiger partial charge < -0.3 is 4.74 Å². The molecule has 0 atom stereocenters. The number of halogens is 1. The van der Waals surface area contributed by atoms with Crippen molar-refractivity contribution in [2.45, 2.75) is 0 Å². The third kappa shape index (κ3) is 2.82. The van der Waals surface area contributed by atoms with Crippen LogP contribution in [0.15, 0.2) is 36.4 Å². The number of fused-ring (bicyclic) bond motifs is 1. The van der Waals surface area contributed by atoms with Crippen molar-refractivity contribution in [2.75, 3.05) is 7.11 Å². The monoisotopic (exact) mass is 247 g/mol. The van der Waals surface area contributed by atoms with Gasteiger partial charge in [-0.05, 0) is 35.9 Å². The Morgan fingerprint density at radius 2 is 2.18 bits per heavy atom. The Labute approximate surface area is 104 Å². The van der Waals surface area contributed by atoms with Crippen molar-refractivity contribution in [3.05, 3.63) is 47.1 Å². The lowest BCUT2D eigenvalue weighted by Crippen LogP contribution is -1.93. The highest BCUT2D eigenvalue weighted by atomic mass is 35.5. The molecule has 0 aliphatic heterocycles. The Morgan fingerprint density at radius 3 is 2.94 bits per heavy atom. The van der Waals surface area contributed by atoms with Crippen LogP contribution in [-0.2, 0) is 9.53 Å². The lowest BCUT2D eigenvalue weighted by molar-refractivity contribution is -0.134. The van der Waals surface area contributed by atoms with Crippen molar-refractivity contribution >= 4 is 34.5 Å². The summed E-state index contributed by atoms with van der Waals surface area (Å²) in [4.78, 5) is 15.1. The van der Waals surface area contributed by atoms with Crippen molar-refractivity contribution in [1.82, 2.24) is 4.98 Å². The quantitative estimate of drug-likeness (QED) is 0.465. The van der Waals surface area contributed by atoms with Crippen molar-refractivity contribution in [2.24, 2.45) is 0 Å². The van der Waals surface area contributed by atoms with Gasteiger partial charge in [-0.3, -0.25) is 0 Å². The van der Waals surface area contributed by atoms with Crippen molar-refractivity contribution in [3.8, 4) is 0 Å². The molecule has 2 rings (SSSR count). The van der Waals surface area contributed by atoms with E-state index < -0.39 is 0 Å². The minimum atomic E-state index is -0.376. The maximum Gasteiger partial charge on any atom is 0.330 e. The number of hydrogen-bond donors (Lipinski definition) is 0. The zero-order valence-electron chi connectivity index (χ0n) is 9.18. The van der Waals surface area contributed by atoms with E-state index in [1.807, 2.05) is 24.3 Å². The maximum absolute atomic E-state index is 11.0. The standard InChI is InChI=1S/C13H10ClNO2/c1-17-13(16)7-3-9-2-5-11-10(8-9)4-6-12(14)15-11/h2-8H,1H3. The van der Waals surface area contributed by atoms with Crippen LogP contribution < -0.4 is 0 Å². The van der Waals surface area contributed by atoms with E-state index in [1.54, 1.807) is 12.1 Å². The number of hydrogen-bond acceptors (Lipinski definition) is 3. The SMILES string of the molecule is COC(=O)C=Cc1ccc2nc(Cl)ccc2c1. The molecule has 17 heavy (non-hydrogen) atoms. The molecule has 1 aromatic heterocycles. The average Bonchev–Trinajstić information content (AvgIpc) is 2.35. The number of benzene rings is 1. The largest absolute Gasteiger partial charge is 0.466 e. The van der Waals surface area contributed by atoms with E-state index >= 15 is 0 Å².